The van der Waals surface area contributed by atoms with Gasteiger partial charge in [0.15, 0.2) is 0 Å². The van der Waals surface area contributed by atoms with Gasteiger partial charge in [0.2, 0.25) is 0 Å². The van der Waals surface area contributed by atoms with Crippen LogP contribution in [0.15, 0.2) is 89.8 Å². The Morgan fingerprint density at radius 1 is 0.857 bits per heavy atom. The zero-order chi connectivity index (χ0) is 30.1. The minimum Gasteiger partial charge on any atom is -0.496 e. The minimum atomic E-state index is -4.04. The molecule has 0 atom stereocenters. The standard InChI is InChI=1S/C32H33N3O6S/c1-32(2)31(36)35(3)30-25(20-33-26-13-9-10-14-28(26)39-4)23(17-18-27(30)34-32)24-16-15-21(19-29(24)40-5)41-42(37,38)22-11-7-6-8-12-22/h6-19,33-34H,20H2,1-5H3. The number of methoxy groups -OCH3 is 2. The number of benzene rings is 4. The summed E-state index contributed by atoms with van der Waals surface area (Å²) in [6, 6.07) is 24.3. The van der Waals surface area contributed by atoms with Crippen molar-refractivity contribution in [2.45, 2.75) is 30.8 Å². The van der Waals surface area contributed by atoms with Crippen molar-refractivity contribution in [2.24, 2.45) is 0 Å². The van der Waals surface area contributed by atoms with E-state index < -0.39 is 15.7 Å². The van der Waals surface area contributed by atoms with Crippen molar-refractivity contribution in [1.82, 2.24) is 0 Å². The molecule has 0 saturated carbocycles. The fraction of sp³-hybridized carbons (Fsp3) is 0.219. The number of carbonyl (C=O) groups is 1. The summed E-state index contributed by atoms with van der Waals surface area (Å²) >= 11 is 0. The highest BCUT2D eigenvalue weighted by atomic mass is 32.2. The highest BCUT2D eigenvalue weighted by Gasteiger charge is 2.38. The molecule has 0 saturated heterocycles. The zero-order valence-corrected chi connectivity index (χ0v) is 24.9. The monoisotopic (exact) mass is 587 g/mol. The third kappa shape index (κ3) is 5.45. The number of para-hydroxylation sites is 2. The second-order valence-electron chi connectivity index (χ2n) is 10.4. The predicted octanol–water partition coefficient (Wildman–Crippen LogP) is 5.92. The second kappa shape index (κ2) is 11.3. The smallest absolute Gasteiger partial charge is 0.339 e. The van der Waals surface area contributed by atoms with Gasteiger partial charge in [0.1, 0.15) is 27.7 Å². The normalized spacial score (nSPS) is 14.0. The van der Waals surface area contributed by atoms with E-state index in [1.165, 1.54) is 19.2 Å². The molecular formula is C32H33N3O6S. The maximum absolute atomic E-state index is 13.3. The largest absolute Gasteiger partial charge is 0.496 e. The number of hydrogen-bond acceptors (Lipinski definition) is 8. The van der Waals surface area contributed by atoms with Gasteiger partial charge >= 0.3 is 10.1 Å². The number of nitrogens with one attached hydrogen (secondary N) is 2. The summed E-state index contributed by atoms with van der Waals surface area (Å²) in [5.41, 5.74) is 3.89. The summed E-state index contributed by atoms with van der Waals surface area (Å²) in [5.74, 6) is 1.13. The summed E-state index contributed by atoms with van der Waals surface area (Å²) in [6.45, 7) is 4.05. The molecule has 1 amide bonds. The third-order valence-electron chi connectivity index (χ3n) is 7.17. The molecule has 0 unspecified atom stereocenters. The van der Waals surface area contributed by atoms with Crippen LogP contribution in [0.25, 0.3) is 11.1 Å². The molecule has 218 valence electrons. The topological polar surface area (TPSA) is 106 Å². The number of nitrogens with zero attached hydrogens (tertiary/aromatic N) is 1. The van der Waals surface area contributed by atoms with Gasteiger partial charge in [-0.15, -0.1) is 0 Å². The lowest BCUT2D eigenvalue weighted by atomic mass is 9.91. The van der Waals surface area contributed by atoms with Crippen LogP contribution >= 0.6 is 0 Å². The average molecular weight is 588 g/mol. The van der Waals surface area contributed by atoms with Gasteiger partial charge < -0.3 is 29.2 Å². The number of carbonyl (C=O) groups excluding carboxylic acids is 1. The van der Waals surface area contributed by atoms with E-state index in [1.54, 1.807) is 55.5 Å². The maximum atomic E-state index is 13.3. The van der Waals surface area contributed by atoms with Crippen molar-refractivity contribution in [1.29, 1.82) is 0 Å². The molecule has 5 rings (SSSR count). The van der Waals surface area contributed by atoms with E-state index in [9.17, 15) is 13.2 Å². The number of anilines is 3. The first-order valence-corrected chi connectivity index (χ1v) is 14.7. The Bertz CT molecular complexity index is 1740. The quantitative estimate of drug-likeness (QED) is 0.233. The first-order chi connectivity index (χ1) is 20.1. The van der Waals surface area contributed by atoms with Crippen molar-refractivity contribution in [3.8, 4) is 28.4 Å². The summed E-state index contributed by atoms with van der Waals surface area (Å²) in [5, 5.41) is 6.83. The van der Waals surface area contributed by atoms with Gasteiger partial charge in [-0.1, -0.05) is 36.4 Å². The first kappa shape index (κ1) is 28.8. The van der Waals surface area contributed by atoms with Gasteiger partial charge in [-0.2, -0.15) is 8.42 Å². The fourth-order valence-electron chi connectivity index (χ4n) is 5.14. The zero-order valence-electron chi connectivity index (χ0n) is 24.1. The van der Waals surface area contributed by atoms with E-state index in [-0.39, 0.29) is 16.6 Å². The Balaban J connectivity index is 1.60. The number of rotatable bonds is 9. The van der Waals surface area contributed by atoms with Crippen molar-refractivity contribution in [2.75, 3.05) is 36.8 Å². The van der Waals surface area contributed by atoms with Gasteiger partial charge in [-0.25, -0.2) is 0 Å². The summed E-state index contributed by atoms with van der Waals surface area (Å²) in [4.78, 5) is 15.0. The summed E-state index contributed by atoms with van der Waals surface area (Å²) in [7, 11) is 0.856. The number of fused-ring (bicyclic) bond motifs is 1. The number of likely N-dealkylation sites (N-methyl/N-ethyl adjacent to an activating group) is 1. The molecule has 0 aromatic heterocycles. The van der Waals surface area contributed by atoms with Crippen molar-refractivity contribution in [3.05, 3.63) is 90.5 Å². The third-order valence-corrected chi connectivity index (χ3v) is 8.43. The summed E-state index contributed by atoms with van der Waals surface area (Å²) in [6.07, 6.45) is 0. The lowest BCUT2D eigenvalue weighted by Gasteiger charge is -2.40. The lowest BCUT2D eigenvalue weighted by Crippen LogP contribution is -2.52. The van der Waals surface area contributed by atoms with Gasteiger partial charge in [-0.05, 0) is 61.9 Å². The Morgan fingerprint density at radius 3 is 2.24 bits per heavy atom. The summed E-state index contributed by atoms with van der Waals surface area (Å²) < 4.78 is 42.4. The number of hydrogen-bond donors (Lipinski definition) is 2. The highest BCUT2D eigenvalue weighted by Crippen LogP contribution is 2.45. The van der Waals surface area contributed by atoms with Gasteiger partial charge in [0.05, 0.1) is 31.3 Å². The molecule has 1 aliphatic rings. The van der Waals surface area contributed by atoms with Crippen LogP contribution in [0.1, 0.15) is 19.4 Å². The van der Waals surface area contributed by atoms with Crippen molar-refractivity contribution in [3.63, 3.8) is 0 Å². The Kier molecular flexibility index (Phi) is 7.74. The molecule has 0 radical (unpaired) electrons. The van der Waals surface area contributed by atoms with Crippen LogP contribution in [0.5, 0.6) is 17.2 Å². The Hall–Kier alpha value is -4.70. The van der Waals surface area contributed by atoms with Crippen LogP contribution < -0.4 is 29.2 Å². The van der Waals surface area contributed by atoms with E-state index in [1.807, 2.05) is 50.2 Å². The predicted molar refractivity (Wildman–Crippen MR) is 164 cm³/mol. The van der Waals surface area contributed by atoms with Crippen molar-refractivity contribution >= 4 is 33.1 Å². The molecule has 0 fully saturated rings. The van der Waals surface area contributed by atoms with Crippen LogP contribution in [0, 0.1) is 0 Å². The molecule has 0 aliphatic carbocycles. The Morgan fingerprint density at radius 2 is 1.52 bits per heavy atom. The van der Waals surface area contributed by atoms with Crippen LogP contribution in [0.3, 0.4) is 0 Å². The number of ether oxygens (including phenoxy) is 2. The maximum Gasteiger partial charge on any atom is 0.339 e. The van der Waals surface area contributed by atoms with E-state index in [0.29, 0.717) is 23.6 Å². The fourth-order valence-corrected chi connectivity index (χ4v) is 6.09. The average Bonchev–Trinajstić information content (AvgIpc) is 2.99. The Labute approximate surface area is 246 Å². The van der Waals surface area contributed by atoms with Gasteiger partial charge in [-0.3, -0.25) is 4.79 Å². The number of amides is 1. The molecule has 1 aliphatic heterocycles. The van der Waals surface area contributed by atoms with Crippen LogP contribution in [0.4, 0.5) is 17.1 Å². The lowest BCUT2D eigenvalue weighted by molar-refractivity contribution is -0.121. The van der Waals surface area contributed by atoms with Gasteiger partial charge in [0, 0.05) is 30.8 Å². The van der Waals surface area contributed by atoms with Crippen LogP contribution in [0.2, 0.25) is 0 Å². The molecule has 9 nitrogen and oxygen atoms in total. The molecule has 0 spiro atoms. The van der Waals surface area contributed by atoms with E-state index >= 15 is 0 Å². The molecule has 42 heavy (non-hydrogen) atoms. The van der Waals surface area contributed by atoms with Crippen LogP contribution in [-0.2, 0) is 21.5 Å². The van der Waals surface area contributed by atoms with Crippen LogP contribution in [-0.4, -0.2) is 41.1 Å². The SMILES string of the molecule is COc1ccccc1NCc1c(-c2ccc(OS(=O)(=O)c3ccccc3)cc2OC)ccc2c1N(C)C(=O)C(C)(C)N2. The molecule has 1 heterocycles. The second-order valence-corrected chi connectivity index (χ2v) is 11.9. The minimum absolute atomic E-state index is 0.0514. The van der Waals surface area contributed by atoms with Gasteiger partial charge in [0.25, 0.3) is 5.91 Å². The van der Waals surface area contributed by atoms with Crippen molar-refractivity contribution < 1.29 is 26.9 Å². The molecule has 10 heteroatoms. The van der Waals surface area contributed by atoms with E-state index in [4.69, 9.17) is 13.7 Å². The first-order valence-electron chi connectivity index (χ1n) is 13.3. The highest BCUT2D eigenvalue weighted by molar-refractivity contribution is 7.87. The molecular weight excluding hydrogens is 554 g/mol. The molecule has 4 aromatic rings. The molecule has 2 N–H and O–H groups in total. The molecule has 0 bridgehead atoms. The van der Waals surface area contributed by atoms with E-state index in [2.05, 4.69) is 10.6 Å². The van der Waals surface area contributed by atoms with E-state index in [0.717, 1.165) is 28.2 Å². The molecule has 4 aromatic carbocycles.